The van der Waals surface area contributed by atoms with Crippen LogP contribution in [0.3, 0.4) is 0 Å². The van der Waals surface area contributed by atoms with Crippen LogP contribution >= 0.6 is 31.9 Å². The predicted molar refractivity (Wildman–Crippen MR) is 54.2 cm³/mol. The molecule has 6 heteroatoms. The number of carbonyl (C=O) groups is 2. The van der Waals surface area contributed by atoms with Crippen molar-refractivity contribution in [1.29, 1.82) is 0 Å². The summed E-state index contributed by atoms with van der Waals surface area (Å²) in [7, 11) is 0. The molecule has 0 radical (unpaired) electrons. The fourth-order valence-corrected chi connectivity index (χ4v) is 1.11. The van der Waals surface area contributed by atoms with E-state index in [2.05, 4.69) is 31.9 Å². The second-order valence-corrected chi connectivity index (χ2v) is 5.68. The fourth-order valence-electron chi connectivity index (χ4n) is 0.654. The first-order chi connectivity index (χ1) is 5.93. The van der Waals surface area contributed by atoms with E-state index < -0.39 is 11.9 Å². The maximum atomic E-state index is 10.5. The molecule has 2 N–H and O–H groups in total. The molecule has 0 aliphatic carbocycles. The molecule has 0 aromatic carbocycles. The van der Waals surface area contributed by atoms with Crippen molar-refractivity contribution >= 4 is 43.8 Å². The van der Waals surface area contributed by atoms with E-state index in [1.54, 1.807) is 0 Å². The second kappa shape index (κ2) is 6.15. The molecular formula is C7H8Br2O4. The Morgan fingerprint density at radius 3 is 2.15 bits per heavy atom. The van der Waals surface area contributed by atoms with Crippen LogP contribution in [0.25, 0.3) is 0 Å². The van der Waals surface area contributed by atoms with Crippen molar-refractivity contribution in [1.82, 2.24) is 0 Å². The minimum atomic E-state index is -1.24. The average molecular weight is 316 g/mol. The van der Waals surface area contributed by atoms with Crippen LogP contribution < -0.4 is 0 Å². The van der Waals surface area contributed by atoms with Crippen molar-refractivity contribution in [3.8, 4) is 0 Å². The van der Waals surface area contributed by atoms with Crippen LogP contribution in [0.2, 0.25) is 0 Å². The molecule has 0 atom stereocenters. The summed E-state index contributed by atoms with van der Waals surface area (Å²) >= 11 is 6.33. The number of hydrogen-bond donors (Lipinski definition) is 2. The zero-order valence-electron chi connectivity index (χ0n) is 6.54. The molecule has 4 nitrogen and oxygen atoms in total. The van der Waals surface area contributed by atoms with Crippen molar-refractivity contribution in [2.75, 3.05) is 0 Å². The third-order valence-electron chi connectivity index (χ3n) is 1.20. The van der Waals surface area contributed by atoms with Gasteiger partial charge in [-0.05, 0) is 12.8 Å². The summed E-state index contributed by atoms with van der Waals surface area (Å²) in [6.07, 6.45) is 1.44. The van der Waals surface area contributed by atoms with Gasteiger partial charge in [0.05, 0.1) is 3.74 Å². The topological polar surface area (TPSA) is 74.6 Å². The molecule has 0 spiro atoms. The molecule has 0 saturated carbocycles. The molecule has 0 amide bonds. The van der Waals surface area contributed by atoms with Gasteiger partial charge in [-0.3, -0.25) is 0 Å². The number of carboxylic acids is 2. The van der Waals surface area contributed by atoms with Crippen LogP contribution in [0.15, 0.2) is 11.6 Å². The van der Waals surface area contributed by atoms with Crippen molar-refractivity contribution in [2.45, 2.75) is 16.6 Å². The highest BCUT2D eigenvalue weighted by molar-refractivity contribution is 9.24. The van der Waals surface area contributed by atoms with Crippen LogP contribution in [-0.2, 0) is 9.59 Å². The Morgan fingerprint density at radius 1 is 1.31 bits per heavy atom. The Bertz CT molecular complexity index is 235. The quantitative estimate of drug-likeness (QED) is 0.601. The SMILES string of the molecule is O=C(O)/C=C(\CCC(Br)Br)C(=O)O. The monoisotopic (exact) mass is 314 g/mol. The molecule has 0 bridgehead atoms. The van der Waals surface area contributed by atoms with E-state index in [1.807, 2.05) is 0 Å². The highest BCUT2D eigenvalue weighted by atomic mass is 79.9. The molecule has 0 rings (SSSR count). The maximum absolute atomic E-state index is 10.5. The van der Waals surface area contributed by atoms with Crippen LogP contribution in [-0.4, -0.2) is 25.9 Å². The zero-order chi connectivity index (χ0) is 10.4. The molecule has 0 aromatic rings. The van der Waals surface area contributed by atoms with Crippen molar-refractivity contribution < 1.29 is 19.8 Å². The standard InChI is InChI=1S/C7H8Br2O4/c8-5(9)2-1-4(7(12)13)3-6(10)11/h3,5H,1-2H2,(H,10,11)(H,12,13)/b4-3+. The van der Waals surface area contributed by atoms with E-state index in [9.17, 15) is 9.59 Å². The van der Waals surface area contributed by atoms with Crippen LogP contribution in [0, 0.1) is 0 Å². The predicted octanol–water partition coefficient (Wildman–Crippen LogP) is 1.98. The van der Waals surface area contributed by atoms with Crippen molar-refractivity contribution in [3.05, 3.63) is 11.6 Å². The van der Waals surface area contributed by atoms with E-state index in [-0.39, 0.29) is 15.7 Å². The molecule has 0 unspecified atom stereocenters. The van der Waals surface area contributed by atoms with Crippen molar-refractivity contribution in [3.63, 3.8) is 0 Å². The molecule has 0 aliphatic rings. The van der Waals surface area contributed by atoms with Gasteiger partial charge in [-0.25, -0.2) is 9.59 Å². The third-order valence-corrected chi connectivity index (χ3v) is 2.12. The normalized spacial score (nSPS) is 11.8. The average Bonchev–Trinajstić information content (AvgIpc) is 1.96. The molecule has 0 aliphatic heterocycles. The van der Waals surface area contributed by atoms with Crippen LogP contribution in [0.1, 0.15) is 12.8 Å². The summed E-state index contributed by atoms with van der Waals surface area (Å²) in [4.78, 5) is 20.7. The molecule has 0 saturated heterocycles. The fraction of sp³-hybridized carbons (Fsp3) is 0.429. The number of halogens is 2. The number of alkyl halides is 2. The van der Waals surface area contributed by atoms with E-state index in [1.165, 1.54) is 0 Å². The number of rotatable bonds is 5. The summed E-state index contributed by atoms with van der Waals surface area (Å²) in [5.41, 5.74) is -0.101. The van der Waals surface area contributed by atoms with Crippen LogP contribution in [0.5, 0.6) is 0 Å². The molecular weight excluding hydrogens is 308 g/mol. The first-order valence-electron chi connectivity index (χ1n) is 3.38. The minimum absolute atomic E-state index is 0.00320. The summed E-state index contributed by atoms with van der Waals surface area (Å²) in [5, 5.41) is 16.9. The lowest BCUT2D eigenvalue weighted by Gasteiger charge is -2.01. The Hall–Kier alpha value is -0.360. The number of aliphatic carboxylic acids is 2. The van der Waals surface area contributed by atoms with Gasteiger partial charge in [-0.15, -0.1) is 0 Å². The third kappa shape index (κ3) is 6.77. The Labute approximate surface area is 91.9 Å². The van der Waals surface area contributed by atoms with Crippen molar-refractivity contribution in [2.24, 2.45) is 0 Å². The summed E-state index contributed by atoms with van der Waals surface area (Å²) in [6.45, 7) is 0. The largest absolute Gasteiger partial charge is 0.478 e. The molecule has 0 aromatic heterocycles. The summed E-state index contributed by atoms with van der Waals surface area (Å²) in [6, 6.07) is 0. The van der Waals surface area contributed by atoms with Gasteiger partial charge in [0.2, 0.25) is 0 Å². The maximum Gasteiger partial charge on any atom is 0.331 e. The molecule has 0 heterocycles. The van der Waals surface area contributed by atoms with Gasteiger partial charge in [-0.1, -0.05) is 31.9 Å². The Morgan fingerprint density at radius 2 is 1.85 bits per heavy atom. The number of carboxylic acid groups (broad SMARTS) is 2. The lowest BCUT2D eigenvalue weighted by atomic mass is 10.1. The van der Waals surface area contributed by atoms with E-state index in [4.69, 9.17) is 10.2 Å². The highest BCUT2D eigenvalue weighted by Gasteiger charge is 2.10. The van der Waals surface area contributed by atoms with Gasteiger partial charge in [-0.2, -0.15) is 0 Å². The summed E-state index contributed by atoms with van der Waals surface area (Å²) < 4.78 is -0.00320. The van der Waals surface area contributed by atoms with Crippen LogP contribution in [0.4, 0.5) is 0 Å². The van der Waals surface area contributed by atoms with Gasteiger partial charge in [0, 0.05) is 11.6 Å². The molecule has 0 fully saturated rings. The van der Waals surface area contributed by atoms with E-state index in [0.717, 1.165) is 0 Å². The van der Waals surface area contributed by atoms with Gasteiger partial charge in [0.25, 0.3) is 0 Å². The lowest BCUT2D eigenvalue weighted by molar-refractivity contribution is -0.135. The second-order valence-electron chi connectivity index (χ2n) is 2.24. The lowest BCUT2D eigenvalue weighted by Crippen LogP contribution is -2.05. The van der Waals surface area contributed by atoms with Gasteiger partial charge >= 0.3 is 11.9 Å². The van der Waals surface area contributed by atoms with Gasteiger partial charge < -0.3 is 10.2 Å². The first-order valence-corrected chi connectivity index (χ1v) is 5.21. The van der Waals surface area contributed by atoms with Gasteiger partial charge in [0.15, 0.2) is 0 Å². The first kappa shape index (κ1) is 12.6. The van der Waals surface area contributed by atoms with E-state index in [0.29, 0.717) is 12.5 Å². The smallest absolute Gasteiger partial charge is 0.331 e. The minimum Gasteiger partial charge on any atom is -0.478 e. The molecule has 13 heavy (non-hydrogen) atoms. The Balaban J connectivity index is 4.28. The highest BCUT2D eigenvalue weighted by Crippen LogP contribution is 2.18. The zero-order valence-corrected chi connectivity index (χ0v) is 9.71. The number of hydrogen-bond acceptors (Lipinski definition) is 2. The van der Waals surface area contributed by atoms with Gasteiger partial charge in [0.1, 0.15) is 0 Å². The van der Waals surface area contributed by atoms with E-state index >= 15 is 0 Å². The Kier molecular flexibility index (Phi) is 5.98. The molecule has 74 valence electrons. The summed E-state index contributed by atoms with van der Waals surface area (Å²) in [5.74, 6) is -2.43.